The van der Waals surface area contributed by atoms with E-state index < -0.39 is 16.8 Å². The molecule has 28 heavy (non-hydrogen) atoms. The molecule has 0 aliphatic rings. The predicted molar refractivity (Wildman–Crippen MR) is 100 cm³/mol. The van der Waals surface area contributed by atoms with Crippen LogP contribution in [0, 0.1) is 6.92 Å². The fourth-order valence-electron chi connectivity index (χ4n) is 2.22. The van der Waals surface area contributed by atoms with Crippen LogP contribution in [0.3, 0.4) is 0 Å². The van der Waals surface area contributed by atoms with Crippen molar-refractivity contribution < 1.29 is 22.5 Å². The Morgan fingerprint density at radius 3 is 2.46 bits per heavy atom. The molecular weight excluding hydrogens is 415 g/mol. The molecule has 0 radical (unpaired) electrons. The smallest absolute Gasteiger partial charge is 0.334 e. The normalized spacial score (nSPS) is 12.6. The van der Waals surface area contributed by atoms with Gasteiger partial charge in [-0.05, 0) is 43.3 Å². The summed E-state index contributed by atoms with van der Waals surface area (Å²) in [5.41, 5.74) is 1.20. The lowest BCUT2D eigenvalue weighted by atomic mass is 10.1. The van der Waals surface area contributed by atoms with Crippen molar-refractivity contribution in [2.24, 2.45) is 0 Å². The molecule has 3 aromatic rings. The number of benzene rings is 2. The molecule has 0 fully saturated rings. The number of anilines is 1. The van der Waals surface area contributed by atoms with Crippen molar-refractivity contribution in [1.82, 2.24) is 10.1 Å². The van der Waals surface area contributed by atoms with E-state index in [1.165, 1.54) is 12.1 Å². The first-order valence-corrected chi connectivity index (χ1v) is 9.24. The SMILES string of the molecule is Cc1noc(-c2ccc(C(=O)Nc3ccccc3SC(Cl)C(F)(F)F)cc2)n1. The summed E-state index contributed by atoms with van der Waals surface area (Å²) in [5, 5.41) is 6.31. The second-order valence-electron chi connectivity index (χ2n) is 5.65. The lowest BCUT2D eigenvalue weighted by Crippen LogP contribution is -2.20. The number of carbonyl (C=O) groups excluding carboxylic acids is 1. The number of hydrogen-bond donors (Lipinski definition) is 1. The van der Waals surface area contributed by atoms with Crippen LogP contribution in [0.2, 0.25) is 0 Å². The standard InChI is InChI=1S/C18H13ClF3N3O2S/c1-10-23-16(27-25-10)12-8-6-11(7-9-12)15(26)24-13-4-2-3-5-14(13)28-17(19)18(20,21)22/h2-9,17H,1H3,(H,24,26). The summed E-state index contributed by atoms with van der Waals surface area (Å²) in [6.45, 7) is 1.69. The van der Waals surface area contributed by atoms with Gasteiger partial charge in [-0.3, -0.25) is 4.79 Å². The van der Waals surface area contributed by atoms with Gasteiger partial charge in [0.1, 0.15) is 0 Å². The van der Waals surface area contributed by atoms with Crippen LogP contribution in [-0.4, -0.2) is 26.9 Å². The number of hydrogen-bond acceptors (Lipinski definition) is 5. The van der Waals surface area contributed by atoms with Crippen LogP contribution in [0.15, 0.2) is 57.9 Å². The van der Waals surface area contributed by atoms with Crippen LogP contribution in [0.4, 0.5) is 18.9 Å². The summed E-state index contributed by atoms with van der Waals surface area (Å²) in [4.78, 5) is 16.8. The van der Waals surface area contributed by atoms with Crippen LogP contribution >= 0.6 is 23.4 Å². The predicted octanol–water partition coefficient (Wildman–Crippen LogP) is 5.52. The van der Waals surface area contributed by atoms with E-state index in [0.717, 1.165) is 0 Å². The van der Waals surface area contributed by atoms with E-state index in [0.29, 0.717) is 34.6 Å². The highest BCUT2D eigenvalue weighted by atomic mass is 35.5. The fraction of sp³-hybridized carbons (Fsp3) is 0.167. The second-order valence-corrected chi connectivity index (χ2v) is 7.49. The van der Waals surface area contributed by atoms with Gasteiger partial charge >= 0.3 is 6.18 Å². The lowest BCUT2D eigenvalue weighted by molar-refractivity contribution is -0.113. The zero-order chi connectivity index (χ0) is 20.3. The zero-order valence-corrected chi connectivity index (χ0v) is 15.9. The van der Waals surface area contributed by atoms with Gasteiger partial charge in [-0.25, -0.2) is 0 Å². The van der Waals surface area contributed by atoms with Gasteiger partial charge in [0.25, 0.3) is 11.8 Å². The summed E-state index contributed by atoms with van der Waals surface area (Å²) in [5.74, 6) is 0.341. The molecule has 0 saturated heterocycles. The number of aryl methyl sites for hydroxylation is 1. The van der Waals surface area contributed by atoms with Gasteiger partial charge in [0.2, 0.25) is 0 Å². The maximum Gasteiger partial charge on any atom is 0.414 e. The van der Waals surface area contributed by atoms with E-state index in [1.807, 2.05) is 0 Å². The van der Waals surface area contributed by atoms with Crippen molar-refractivity contribution >= 4 is 35.0 Å². The quantitative estimate of drug-likeness (QED) is 0.429. The van der Waals surface area contributed by atoms with Crippen LogP contribution in [0.1, 0.15) is 16.2 Å². The molecule has 3 rings (SSSR count). The number of rotatable bonds is 5. The molecule has 2 aromatic carbocycles. The number of amides is 1. The Balaban J connectivity index is 1.74. The Hall–Kier alpha value is -2.52. The third kappa shape index (κ3) is 4.85. The molecule has 5 nitrogen and oxygen atoms in total. The van der Waals surface area contributed by atoms with Crippen LogP contribution in [0.5, 0.6) is 0 Å². The highest BCUT2D eigenvalue weighted by molar-refractivity contribution is 8.01. The first kappa shape index (κ1) is 20.2. The number of nitrogens with one attached hydrogen (secondary N) is 1. The molecule has 1 aromatic heterocycles. The molecule has 1 atom stereocenters. The molecule has 0 spiro atoms. The lowest BCUT2D eigenvalue weighted by Gasteiger charge is -2.16. The molecule has 0 saturated carbocycles. The molecule has 1 amide bonds. The van der Waals surface area contributed by atoms with Gasteiger partial charge in [0, 0.05) is 16.0 Å². The molecular formula is C18H13ClF3N3O2S. The van der Waals surface area contributed by atoms with E-state index in [1.54, 1.807) is 43.3 Å². The molecule has 146 valence electrons. The minimum Gasteiger partial charge on any atom is -0.334 e. The van der Waals surface area contributed by atoms with Crippen molar-refractivity contribution in [3.8, 4) is 11.5 Å². The molecule has 1 heterocycles. The van der Waals surface area contributed by atoms with Crippen LogP contribution in [0.25, 0.3) is 11.5 Å². The third-order valence-electron chi connectivity index (χ3n) is 3.54. The first-order chi connectivity index (χ1) is 13.2. The van der Waals surface area contributed by atoms with Gasteiger partial charge in [-0.1, -0.05) is 29.1 Å². The second kappa shape index (κ2) is 8.24. The molecule has 1 unspecified atom stereocenters. The van der Waals surface area contributed by atoms with Crippen LogP contribution in [-0.2, 0) is 0 Å². The summed E-state index contributed by atoms with van der Waals surface area (Å²) in [6.07, 6.45) is -4.56. The van der Waals surface area contributed by atoms with Crippen molar-refractivity contribution in [3.05, 3.63) is 59.9 Å². The van der Waals surface area contributed by atoms with Gasteiger partial charge in [0.05, 0.1) is 5.69 Å². The Bertz CT molecular complexity index is 977. The molecule has 0 aliphatic heterocycles. The zero-order valence-electron chi connectivity index (χ0n) is 14.3. The number of halogens is 4. The Morgan fingerprint density at radius 2 is 1.86 bits per heavy atom. The van der Waals surface area contributed by atoms with E-state index in [4.69, 9.17) is 16.1 Å². The summed E-state index contributed by atoms with van der Waals surface area (Å²) in [7, 11) is 0. The Labute approximate surface area is 167 Å². The van der Waals surface area contributed by atoms with Crippen molar-refractivity contribution in [3.63, 3.8) is 0 Å². The van der Waals surface area contributed by atoms with Crippen molar-refractivity contribution in [1.29, 1.82) is 0 Å². The number of para-hydroxylation sites is 1. The largest absolute Gasteiger partial charge is 0.414 e. The van der Waals surface area contributed by atoms with Crippen molar-refractivity contribution in [2.75, 3.05) is 5.32 Å². The summed E-state index contributed by atoms with van der Waals surface area (Å²) < 4.78 is 41.1. The van der Waals surface area contributed by atoms with E-state index in [9.17, 15) is 18.0 Å². The highest BCUT2D eigenvalue weighted by Gasteiger charge is 2.39. The number of nitrogens with zero attached hydrogens (tertiary/aromatic N) is 2. The van der Waals surface area contributed by atoms with Crippen molar-refractivity contribution in [2.45, 2.75) is 22.7 Å². The first-order valence-electron chi connectivity index (χ1n) is 7.92. The average Bonchev–Trinajstić information content (AvgIpc) is 3.09. The summed E-state index contributed by atoms with van der Waals surface area (Å²) in [6, 6.07) is 12.5. The third-order valence-corrected chi connectivity index (χ3v) is 5.14. The van der Waals surface area contributed by atoms with Crippen LogP contribution < -0.4 is 5.32 Å². The Morgan fingerprint density at radius 1 is 1.18 bits per heavy atom. The fourth-order valence-corrected chi connectivity index (χ4v) is 3.27. The van der Waals surface area contributed by atoms with E-state index >= 15 is 0 Å². The monoisotopic (exact) mass is 427 g/mol. The van der Waals surface area contributed by atoms with E-state index in [-0.39, 0.29) is 10.6 Å². The van der Waals surface area contributed by atoms with Gasteiger partial charge < -0.3 is 9.84 Å². The number of alkyl halides is 4. The highest BCUT2D eigenvalue weighted by Crippen LogP contribution is 2.40. The van der Waals surface area contributed by atoms with E-state index in [2.05, 4.69) is 15.5 Å². The maximum absolute atomic E-state index is 12.7. The molecule has 0 bridgehead atoms. The summed E-state index contributed by atoms with van der Waals surface area (Å²) >= 11 is 5.81. The topological polar surface area (TPSA) is 68.0 Å². The number of carbonyl (C=O) groups is 1. The average molecular weight is 428 g/mol. The minimum atomic E-state index is -4.56. The molecule has 0 aliphatic carbocycles. The number of thioether (sulfide) groups is 1. The molecule has 10 heteroatoms. The minimum absolute atomic E-state index is 0.214. The van der Waals surface area contributed by atoms with Gasteiger partial charge in [0.15, 0.2) is 10.5 Å². The number of aromatic nitrogens is 2. The molecule has 1 N–H and O–H groups in total. The van der Waals surface area contributed by atoms with Gasteiger partial charge in [-0.15, -0.1) is 11.6 Å². The van der Waals surface area contributed by atoms with Gasteiger partial charge in [-0.2, -0.15) is 18.2 Å². The maximum atomic E-state index is 12.7. The Kier molecular flexibility index (Phi) is 5.95.